The minimum Gasteiger partial charge on any atom is -0.404 e. The van der Waals surface area contributed by atoms with Crippen molar-refractivity contribution < 1.29 is 5.11 Å². The molecule has 162 valence electrons. The summed E-state index contributed by atoms with van der Waals surface area (Å²) in [7, 11) is 0. The minimum absolute atomic E-state index is 0.180. The first-order valence-electron chi connectivity index (χ1n) is 10.8. The van der Waals surface area contributed by atoms with Crippen LogP contribution in [0.15, 0.2) is 70.0 Å². The van der Waals surface area contributed by atoms with E-state index in [9.17, 15) is 5.11 Å². The zero-order chi connectivity index (χ0) is 22.0. The summed E-state index contributed by atoms with van der Waals surface area (Å²) in [6, 6.07) is 5.78. The van der Waals surface area contributed by atoms with E-state index in [1.54, 1.807) is 0 Å². The van der Waals surface area contributed by atoms with Gasteiger partial charge in [-0.3, -0.25) is 0 Å². The van der Waals surface area contributed by atoms with Crippen molar-refractivity contribution in [1.29, 1.82) is 0 Å². The molecule has 2 heterocycles. The summed E-state index contributed by atoms with van der Waals surface area (Å²) in [5.74, 6) is 1.02. The van der Waals surface area contributed by atoms with E-state index in [1.165, 1.54) is 30.2 Å². The number of aliphatic hydroxyl groups excluding tert-OH is 1. The molecule has 0 bridgehead atoms. The van der Waals surface area contributed by atoms with Gasteiger partial charge in [-0.25, -0.2) is 9.98 Å². The molecule has 1 aliphatic carbocycles. The molecule has 2 unspecified atom stereocenters. The second-order valence-corrected chi connectivity index (χ2v) is 8.14. The highest BCUT2D eigenvalue weighted by Crippen LogP contribution is 2.31. The van der Waals surface area contributed by atoms with Crippen molar-refractivity contribution in [3.63, 3.8) is 0 Å². The number of fused-ring (bicyclic) bond motifs is 2. The van der Waals surface area contributed by atoms with Crippen LogP contribution in [0.25, 0.3) is 11.0 Å². The number of aromatic amines is 1. The van der Waals surface area contributed by atoms with Crippen LogP contribution in [0.1, 0.15) is 38.4 Å². The summed E-state index contributed by atoms with van der Waals surface area (Å²) in [6.07, 6.45) is 11.1. The maximum Gasteiger partial charge on any atom is 0.131 e. The number of benzene rings is 1. The molecule has 7 N–H and O–H groups in total. The molecule has 0 saturated heterocycles. The molecule has 0 radical (unpaired) electrons. The lowest BCUT2D eigenvalue weighted by molar-refractivity contribution is 0.243. The highest BCUT2D eigenvalue weighted by Gasteiger charge is 2.29. The summed E-state index contributed by atoms with van der Waals surface area (Å²) < 4.78 is 0. The number of amidine groups is 1. The van der Waals surface area contributed by atoms with E-state index in [0.29, 0.717) is 17.0 Å². The van der Waals surface area contributed by atoms with Gasteiger partial charge in [0.1, 0.15) is 17.8 Å². The molecule has 2 atom stereocenters. The predicted octanol–water partition coefficient (Wildman–Crippen LogP) is 3.37. The van der Waals surface area contributed by atoms with E-state index < -0.39 is 6.10 Å². The molecule has 1 aliphatic heterocycles. The average Bonchev–Trinajstić information content (AvgIpc) is 3.34. The summed E-state index contributed by atoms with van der Waals surface area (Å²) in [5.41, 5.74) is 18.2. The number of allylic oxidation sites excluding steroid dienone is 2. The number of rotatable bonds is 7. The van der Waals surface area contributed by atoms with Crippen molar-refractivity contribution in [2.75, 3.05) is 0 Å². The van der Waals surface area contributed by atoms with Gasteiger partial charge in [-0.05, 0) is 56.0 Å². The Morgan fingerprint density at radius 1 is 1.39 bits per heavy atom. The van der Waals surface area contributed by atoms with Gasteiger partial charge in [-0.15, -0.1) is 0 Å². The summed E-state index contributed by atoms with van der Waals surface area (Å²) in [5, 5.41) is 14.4. The van der Waals surface area contributed by atoms with Crippen molar-refractivity contribution in [3.05, 3.63) is 70.9 Å². The Labute approximate surface area is 182 Å². The number of H-pyrrole nitrogens is 1. The highest BCUT2D eigenvalue weighted by atomic mass is 16.3. The Balaban J connectivity index is 1.51. The lowest BCUT2D eigenvalue weighted by Gasteiger charge is -2.22. The van der Waals surface area contributed by atoms with E-state index in [1.807, 2.05) is 31.2 Å². The van der Waals surface area contributed by atoms with Crippen LogP contribution in [0.3, 0.4) is 0 Å². The smallest absolute Gasteiger partial charge is 0.131 e. The van der Waals surface area contributed by atoms with Crippen LogP contribution in [0.4, 0.5) is 5.69 Å². The fraction of sp³-hybridized carbons (Fsp3) is 0.333. The zero-order valence-electron chi connectivity index (χ0n) is 18.0. The Morgan fingerprint density at radius 3 is 3.00 bits per heavy atom. The quantitative estimate of drug-likeness (QED) is 0.348. The molecular formula is C24H30N6O. The number of imidazole rings is 1. The largest absolute Gasteiger partial charge is 0.404 e. The van der Waals surface area contributed by atoms with Crippen molar-refractivity contribution >= 4 is 22.6 Å². The van der Waals surface area contributed by atoms with Gasteiger partial charge in [-0.1, -0.05) is 31.1 Å². The van der Waals surface area contributed by atoms with Gasteiger partial charge in [0, 0.05) is 17.5 Å². The second kappa shape index (κ2) is 8.81. The number of aryl methyl sites for hydroxylation is 1. The second-order valence-electron chi connectivity index (χ2n) is 8.14. The molecule has 0 spiro atoms. The number of nitrogens with zero attached hydrogens (tertiary/aromatic N) is 2. The van der Waals surface area contributed by atoms with Gasteiger partial charge in [-0.2, -0.15) is 0 Å². The molecule has 7 heteroatoms. The topological polar surface area (TPSA) is 125 Å². The molecular weight excluding hydrogens is 388 g/mol. The number of hydrogen-bond acceptors (Lipinski definition) is 5. The van der Waals surface area contributed by atoms with Crippen molar-refractivity contribution in [3.8, 4) is 0 Å². The zero-order valence-corrected chi connectivity index (χ0v) is 18.0. The third-order valence-corrected chi connectivity index (χ3v) is 5.79. The van der Waals surface area contributed by atoms with Crippen molar-refractivity contribution in [2.45, 2.75) is 51.7 Å². The number of nitrogens with one attached hydrogen (secondary N) is 2. The van der Waals surface area contributed by atoms with Gasteiger partial charge in [0.15, 0.2) is 0 Å². The molecule has 2 aromatic rings. The monoisotopic (exact) mass is 418 g/mol. The van der Waals surface area contributed by atoms with Gasteiger partial charge >= 0.3 is 0 Å². The predicted molar refractivity (Wildman–Crippen MR) is 126 cm³/mol. The number of hydrogen-bond donors (Lipinski definition) is 5. The van der Waals surface area contributed by atoms with E-state index in [2.05, 4.69) is 39.4 Å². The molecule has 0 amide bonds. The third-order valence-electron chi connectivity index (χ3n) is 5.79. The van der Waals surface area contributed by atoms with Crippen molar-refractivity contribution in [2.24, 2.45) is 16.5 Å². The lowest BCUT2D eigenvalue weighted by atomic mass is 9.92. The van der Waals surface area contributed by atoms with E-state index in [-0.39, 0.29) is 11.9 Å². The van der Waals surface area contributed by atoms with Crippen LogP contribution in [-0.2, 0) is 0 Å². The molecule has 31 heavy (non-hydrogen) atoms. The van der Waals surface area contributed by atoms with Gasteiger partial charge in [0.2, 0.25) is 0 Å². The fourth-order valence-corrected chi connectivity index (χ4v) is 4.11. The number of unbranched alkanes of at least 4 members (excludes halogenated alkanes) is 1. The maximum absolute atomic E-state index is 11.0. The van der Waals surface area contributed by atoms with E-state index in [0.717, 1.165) is 29.7 Å². The van der Waals surface area contributed by atoms with Crippen LogP contribution in [0, 0.1) is 6.92 Å². The minimum atomic E-state index is -0.975. The molecule has 0 fully saturated rings. The van der Waals surface area contributed by atoms with E-state index in [4.69, 9.17) is 11.5 Å². The maximum atomic E-state index is 11.0. The van der Waals surface area contributed by atoms with Crippen LogP contribution in [-0.4, -0.2) is 33.1 Å². The van der Waals surface area contributed by atoms with Crippen LogP contribution in [0.5, 0.6) is 0 Å². The summed E-state index contributed by atoms with van der Waals surface area (Å²) >= 11 is 0. The Bertz CT molecular complexity index is 1130. The summed E-state index contributed by atoms with van der Waals surface area (Å²) in [6.45, 7) is 4.11. The first kappa shape index (κ1) is 20.9. The van der Waals surface area contributed by atoms with Crippen molar-refractivity contribution in [1.82, 2.24) is 15.3 Å². The van der Waals surface area contributed by atoms with Crippen LogP contribution in [0.2, 0.25) is 0 Å². The standard InChI is InChI=1S/C24H30N6O/c1-3-4-5-15-6-7-16-11-22(30-20(16)10-15)23(31)18(13-25)24(26)29-17-8-9-19-21(12-17)28-14(2)27-19/h6-9,11-13,20,23,30-31H,3-5,10,25H2,1-2H3,(H2,26,29)(H,27,28). The fourth-order valence-electron chi connectivity index (χ4n) is 4.11. The summed E-state index contributed by atoms with van der Waals surface area (Å²) in [4.78, 5) is 12.1. The SMILES string of the molecule is CCCCC1=CC=C2C=C(C(O)C(=CN)C(N)=Nc3ccc4nc(C)[nH]c4c3)NC2C1. The van der Waals surface area contributed by atoms with Gasteiger partial charge < -0.3 is 26.9 Å². The van der Waals surface area contributed by atoms with Gasteiger partial charge in [0.05, 0.1) is 22.8 Å². The van der Waals surface area contributed by atoms with Gasteiger partial charge in [0.25, 0.3) is 0 Å². The van der Waals surface area contributed by atoms with Crippen LogP contribution >= 0.6 is 0 Å². The Kier molecular flexibility index (Phi) is 5.95. The highest BCUT2D eigenvalue weighted by molar-refractivity contribution is 6.00. The normalized spacial score (nSPS) is 20.1. The molecule has 2 aliphatic rings. The number of nitrogens with two attached hydrogens (primary N) is 2. The average molecular weight is 419 g/mol. The number of aliphatic hydroxyl groups is 1. The lowest BCUT2D eigenvalue weighted by Crippen LogP contribution is -2.34. The molecule has 7 nitrogen and oxygen atoms in total. The first-order valence-corrected chi connectivity index (χ1v) is 10.8. The molecule has 4 rings (SSSR count). The Morgan fingerprint density at radius 2 is 2.23 bits per heavy atom. The molecule has 1 aromatic heterocycles. The van der Waals surface area contributed by atoms with Crippen LogP contribution < -0.4 is 16.8 Å². The number of aliphatic imine (C=N–C) groups is 1. The first-order chi connectivity index (χ1) is 15.0. The Hall–Kier alpha value is -3.32. The third kappa shape index (κ3) is 4.41. The van der Waals surface area contributed by atoms with E-state index >= 15 is 0 Å². The number of aromatic nitrogens is 2. The molecule has 0 saturated carbocycles. The molecule has 1 aromatic carbocycles.